The lowest BCUT2D eigenvalue weighted by molar-refractivity contribution is 0.461. The van der Waals surface area contributed by atoms with E-state index in [0.29, 0.717) is 5.92 Å². The Morgan fingerprint density at radius 2 is 2.00 bits per heavy atom. The predicted octanol–water partition coefficient (Wildman–Crippen LogP) is 3.78. The molecule has 14 heavy (non-hydrogen) atoms. The normalized spacial score (nSPS) is 15.1. The molecule has 0 saturated heterocycles. The number of benzene rings is 1. The first-order valence-electron chi connectivity index (χ1n) is 5.15. The Balaban J connectivity index is 2.69. The van der Waals surface area contributed by atoms with Crippen LogP contribution >= 0.6 is 11.6 Å². The van der Waals surface area contributed by atoms with Gasteiger partial charge in [0.05, 0.1) is 0 Å². The summed E-state index contributed by atoms with van der Waals surface area (Å²) in [7, 11) is 0. The molecule has 2 heteroatoms. The summed E-state index contributed by atoms with van der Waals surface area (Å²) in [5, 5.41) is 0.781. The quantitative estimate of drug-likeness (QED) is 0.806. The second kappa shape index (κ2) is 5.38. The highest BCUT2D eigenvalue weighted by molar-refractivity contribution is 6.31. The molecule has 1 aromatic carbocycles. The van der Waals surface area contributed by atoms with Gasteiger partial charge < -0.3 is 5.73 Å². The van der Waals surface area contributed by atoms with E-state index in [0.717, 1.165) is 23.4 Å². The molecule has 0 amide bonds. The highest BCUT2D eigenvalue weighted by Gasteiger charge is 2.12. The Morgan fingerprint density at radius 3 is 2.57 bits per heavy atom. The first kappa shape index (κ1) is 11.5. The van der Waals surface area contributed by atoms with Crippen LogP contribution in [0, 0.1) is 5.92 Å². The average Bonchev–Trinajstić information content (AvgIpc) is 2.18. The second-order valence-corrected chi connectivity index (χ2v) is 4.28. The fourth-order valence-electron chi connectivity index (χ4n) is 1.50. The first-order valence-corrected chi connectivity index (χ1v) is 5.53. The summed E-state index contributed by atoms with van der Waals surface area (Å²) in [6.07, 6.45) is 2.17. The molecule has 2 unspecified atom stereocenters. The molecule has 1 rings (SSSR count). The van der Waals surface area contributed by atoms with Crippen LogP contribution in [-0.2, 0) is 0 Å². The summed E-state index contributed by atoms with van der Waals surface area (Å²) in [4.78, 5) is 0. The third kappa shape index (κ3) is 3.00. The Morgan fingerprint density at radius 1 is 1.36 bits per heavy atom. The third-order valence-electron chi connectivity index (χ3n) is 2.66. The fourth-order valence-corrected chi connectivity index (χ4v) is 1.78. The molecular weight excluding hydrogens is 194 g/mol. The minimum Gasteiger partial charge on any atom is -0.324 e. The highest BCUT2D eigenvalue weighted by Crippen LogP contribution is 2.26. The Kier molecular flexibility index (Phi) is 4.43. The summed E-state index contributed by atoms with van der Waals surface area (Å²) >= 11 is 6.07. The molecule has 1 aromatic rings. The molecule has 0 bridgehead atoms. The van der Waals surface area contributed by atoms with Crippen LogP contribution in [0.1, 0.15) is 38.3 Å². The molecule has 2 N–H and O–H groups in total. The molecule has 0 saturated carbocycles. The lowest BCUT2D eigenvalue weighted by Gasteiger charge is -2.17. The third-order valence-corrected chi connectivity index (χ3v) is 3.00. The van der Waals surface area contributed by atoms with Gasteiger partial charge in [-0.1, -0.05) is 50.1 Å². The Hall–Kier alpha value is -0.530. The van der Waals surface area contributed by atoms with E-state index < -0.39 is 0 Å². The van der Waals surface area contributed by atoms with Crippen LogP contribution in [0.15, 0.2) is 24.3 Å². The van der Waals surface area contributed by atoms with Crippen LogP contribution in [-0.4, -0.2) is 0 Å². The maximum Gasteiger partial charge on any atom is 0.0453 e. The van der Waals surface area contributed by atoms with Crippen molar-refractivity contribution in [3.05, 3.63) is 34.9 Å². The van der Waals surface area contributed by atoms with Gasteiger partial charge in [0.2, 0.25) is 0 Å². The summed E-state index contributed by atoms with van der Waals surface area (Å²) < 4.78 is 0. The zero-order chi connectivity index (χ0) is 10.6. The minimum absolute atomic E-state index is 0.0682. The van der Waals surface area contributed by atoms with E-state index in [2.05, 4.69) is 13.8 Å². The maximum atomic E-state index is 6.09. The maximum absolute atomic E-state index is 6.09. The molecule has 0 spiro atoms. The molecular formula is C12H18ClN. The van der Waals surface area contributed by atoms with Crippen LogP contribution in [0.4, 0.5) is 0 Å². The van der Waals surface area contributed by atoms with Crippen LogP contribution in [0.5, 0.6) is 0 Å². The monoisotopic (exact) mass is 211 g/mol. The van der Waals surface area contributed by atoms with E-state index in [4.69, 9.17) is 17.3 Å². The van der Waals surface area contributed by atoms with Gasteiger partial charge in [-0.3, -0.25) is 0 Å². The number of hydrogen-bond donors (Lipinski definition) is 1. The van der Waals surface area contributed by atoms with Crippen molar-refractivity contribution in [1.82, 2.24) is 0 Å². The van der Waals surface area contributed by atoms with Gasteiger partial charge >= 0.3 is 0 Å². The summed E-state index contributed by atoms with van der Waals surface area (Å²) in [6.45, 7) is 4.40. The number of hydrogen-bond acceptors (Lipinski definition) is 1. The fraction of sp³-hybridized carbons (Fsp3) is 0.500. The largest absolute Gasteiger partial charge is 0.324 e. The summed E-state index contributed by atoms with van der Waals surface area (Å²) in [5.74, 6) is 0.654. The van der Waals surface area contributed by atoms with E-state index in [1.165, 1.54) is 0 Å². The lowest BCUT2D eigenvalue weighted by Crippen LogP contribution is -2.14. The first-order chi connectivity index (χ1) is 6.65. The van der Waals surface area contributed by atoms with Gasteiger partial charge in [0, 0.05) is 11.1 Å². The van der Waals surface area contributed by atoms with Gasteiger partial charge in [-0.2, -0.15) is 0 Å². The van der Waals surface area contributed by atoms with E-state index in [-0.39, 0.29) is 6.04 Å². The van der Waals surface area contributed by atoms with Crippen LogP contribution in [0.3, 0.4) is 0 Å². The van der Waals surface area contributed by atoms with Gasteiger partial charge in [-0.15, -0.1) is 0 Å². The molecule has 0 fully saturated rings. The molecule has 0 aliphatic rings. The molecule has 78 valence electrons. The second-order valence-electron chi connectivity index (χ2n) is 3.88. The van der Waals surface area contributed by atoms with Crippen molar-refractivity contribution >= 4 is 11.6 Å². The summed E-state index contributed by atoms with van der Waals surface area (Å²) in [6, 6.07) is 7.89. The van der Waals surface area contributed by atoms with E-state index in [1.807, 2.05) is 24.3 Å². The molecule has 0 aliphatic heterocycles. The Bertz CT molecular complexity index is 285. The smallest absolute Gasteiger partial charge is 0.0453 e. The molecule has 2 atom stereocenters. The molecule has 0 heterocycles. The zero-order valence-electron chi connectivity index (χ0n) is 8.83. The van der Waals surface area contributed by atoms with Crippen LogP contribution in [0.25, 0.3) is 0 Å². The standard InChI is InChI=1S/C12H18ClN/c1-3-9(2)8-12(14)10-6-4-5-7-11(10)13/h4-7,9,12H,3,8,14H2,1-2H3. The van der Waals surface area contributed by atoms with Crippen LogP contribution in [0.2, 0.25) is 5.02 Å². The Labute approximate surface area is 91.3 Å². The van der Waals surface area contributed by atoms with Crippen molar-refractivity contribution < 1.29 is 0 Å². The van der Waals surface area contributed by atoms with Gasteiger partial charge in [0.15, 0.2) is 0 Å². The highest BCUT2D eigenvalue weighted by atomic mass is 35.5. The van der Waals surface area contributed by atoms with Crippen molar-refractivity contribution in [3.63, 3.8) is 0 Å². The average molecular weight is 212 g/mol. The summed E-state index contributed by atoms with van der Waals surface area (Å²) in [5.41, 5.74) is 7.15. The van der Waals surface area contributed by atoms with E-state index in [1.54, 1.807) is 0 Å². The van der Waals surface area contributed by atoms with Gasteiger partial charge in [0.25, 0.3) is 0 Å². The van der Waals surface area contributed by atoms with Crippen LogP contribution < -0.4 is 5.73 Å². The van der Waals surface area contributed by atoms with Gasteiger partial charge in [-0.25, -0.2) is 0 Å². The minimum atomic E-state index is 0.0682. The molecule has 0 aromatic heterocycles. The van der Waals surface area contributed by atoms with Crippen molar-refractivity contribution in [2.45, 2.75) is 32.7 Å². The number of nitrogens with two attached hydrogens (primary N) is 1. The van der Waals surface area contributed by atoms with E-state index >= 15 is 0 Å². The zero-order valence-corrected chi connectivity index (χ0v) is 9.59. The van der Waals surface area contributed by atoms with Crippen molar-refractivity contribution in [2.24, 2.45) is 11.7 Å². The topological polar surface area (TPSA) is 26.0 Å². The van der Waals surface area contributed by atoms with Crippen molar-refractivity contribution in [3.8, 4) is 0 Å². The lowest BCUT2D eigenvalue weighted by atomic mass is 9.95. The number of rotatable bonds is 4. The van der Waals surface area contributed by atoms with Crippen molar-refractivity contribution in [2.75, 3.05) is 0 Å². The van der Waals surface area contributed by atoms with Gasteiger partial charge in [0.1, 0.15) is 0 Å². The predicted molar refractivity (Wildman–Crippen MR) is 62.5 cm³/mol. The molecule has 0 aliphatic carbocycles. The SMILES string of the molecule is CCC(C)CC(N)c1ccccc1Cl. The van der Waals surface area contributed by atoms with E-state index in [9.17, 15) is 0 Å². The number of halogens is 1. The molecule has 1 nitrogen and oxygen atoms in total. The van der Waals surface area contributed by atoms with Crippen molar-refractivity contribution in [1.29, 1.82) is 0 Å². The van der Waals surface area contributed by atoms with Gasteiger partial charge in [-0.05, 0) is 24.0 Å². The molecule has 0 radical (unpaired) electrons.